The van der Waals surface area contributed by atoms with Crippen molar-refractivity contribution in [1.29, 1.82) is 0 Å². The van der Waals surface area contributed by atoms with Crippen molar-refractivity contribution in [1.82, 2.24) is 10.2 Å². The molecule has 1 aliphatic rings. The Balaban J connectivity index is 1.41. The molecule has 1 N–H and O–H groups in total. The fourth-order valence-electron chi connectivity index (χ4n) is 4.89. The van der Waals surface area contributed by atoms with E-state index in [2.05, 4.69) is 46.6 Å². The fourth-order valence-corrected chi connectivity index (χ4v) is 5.02. The number of hydrogen-bond acceptors (Lipinski definition) is 3. The van der Waals surface area contributed by atoms with Gasteiger partial charge in [0, 0.05) is 43.5 Å². The van der Waals surface area contributed by atoms with Crippen molar-refractivity contribution in [2.75, 3.05) is 32.1 Å². The number of hydrogen-bond donors (Lipinski definition) is 1. The van der Waals surface area contributed by atoms with Crippen LogP contribution in [0.5, 0.6) is 0 Å². The molecule has 5 nitrogen and oxygen atoms in total. The van der Waals surface area contributed by atoms with Crippen molar-refractivity contribution in [3.05, 3.63) is 88.9 Å². The summed E-state index contributed by atoms with van der Waals surface area (Å²) in [6, 6.07) is 23.2. The van der Waals surface area contributed by atoms with Gasteiger partial charge in [0.1, 0.15) is 6.04 Å². The molecule has 1 heterocycles. The van der Waals surface area contributed by atoms with Gasteiger partial charge >= 0.3 is 0 Å². The van der Waals surface area contributed by atoms with Gasteiger partial charge in [0.25, 0.3) is 5.91 Å². The lowest BCUT2D eigenvalue weighted by Gasteiger charge is -2.35. The third kappa shape index (κ3) is 6.53. The van der Waals surface area contributed by atoms with Crippen molar-refractivity contribution in [3.63, 3.8) is 0 Å². The van der Waals surface area contributed by atoms with Crippen LogP contribution < -0.4 is 10.2 Å². The zero-order valence-corrected chi connectivity index (χ0v) is 22.8. The van der Waals surface area contributed by atoms with Crippen molar-refractivity contribution in [2.24, 2.45) is 5.92 Å². The van der Waals surface area contributed by atoms with Crippen LogP contribution in [0.25, 0.3) is 11.1 Å². The molecule has 0 aromatic heterocycles. The zero-order valence-electron chi connectivity index (χ0n) is 22.1. The standard InChI is InChI=1S/C31H36ClN3O2/c1-21(2)29(31(37)35-18-16-24(17-19-35)22-8-12-27(32)13-9-22)33-30(36)26-7-5-6-25(20-26)23-10-14-28(15-11-23)34(3)4/h5-15,20-21,24,29H,16-19H2,1-4H3,(H,33,36)/t29-/m1/s1. The van der Waals surface area contributed by atoms with Crippen molar-refractivity contribution >= 4 is 29.1 Å². The van der Waals surface area contributed by atoms with Gasteiger partial charge in [0.05, 0.1) is 0 Å². The largest absolute Gasteiger partial charge is 0.378 e. The summed E-state index contributed by atoms with van der Waals surface area (Å²) in [6.45, 7) is 5.32. The van der Waals surface area contributed by atoms with Crippen LogP contribution in [0.1, 0.15) is 48.5 Å². The second kappa shape index (κ2) is 11.8. The Bertz CT molecular complexity index is 1210. The van der Waals surface area contributed by atoms with E-state index in [1.165, 1.54) is 5.56 Å². The van der Waals surface area contributed by atoms with E-state index in [0.717, 1.165) is 34.7 Å². The topological polar surface area (TPSA) is 52.7 Å². The molecule has 37 heavy (non-hydrogen) atoms. The van der Waals surface area contributed by atoms with Crippen molar-refractivity contribution in [3.8, 4) is 11.1 Å². The van der Waals surface area contributed by atoms with Crippen LogP contribution in [-0.2, 0) is 4.79 Å². The first-order chi connectivity index (χ1) is 17.7. The molecule has 1 atom stereocenters. The Kier molecular flexibility index (Phi) is 8.55. The highest BCUT2D eigenvalue weighted by molar-refractivity contribution is 6.30. The minimum Gasteiger partial charge on any atom is -0.378 e. The minimum absolute atomic E-state index is 0.00617. The first-order valence-corrected chi connectivity index (χ1v) is 13.3. The molecule has 2 amide bonds. The molecule has 0 saturated carbocycles. The van der Waals surface area contributed by atoms with E-state index in [1.54, 1.807) is 6.07 Å². The predicted octanol–water partition coefficient (Wildman–Crippen LogP) is 6.23. The molecular formula is C31H36ClN3O2. The van der Waals surface area contributed by atoms with Gasteiger partial charge in [-0.2, -0.15) is 0 Å². The molecule has 0 radical (unpaired) electrons. The van der Waals surface area contributed by atoms with Crippen LogP contribution >= 0.6 is 11.6 Å². The van der Waals surface area contributed by atoms with Crippen molar-refractivity contribution in [2.45, 2.75) is 38.6 Å². The smallest absolute Gasteiger partial charge is 0.251 e. The molecule has 0 spiro atoms. The monoisotopic (exact) mass is 517 g/mol. The van der Waals surface area contributed by atoms with Gasteiger partial charge in [-0.15, -0.1) is 0 Å². The number of carbonyl (C=O) groups is 2. The highest BCUT2D eigenvalue weighted by Crippen LogP contribution is 2.29. The molecule has 4 rings (SSSR count). The summed E-state index contributed by atoms with van der Waals surface area (Å²) >= 11 is 6.03. The molecule has 3 aromatic carbocycles. The van der Waals surface area contributed by atoms with Gasteiger partial charge in [-0.05, 0) is 77.8 Å². The third-order valence-electron chi connectivity index (χ3n) is 7.21. The van der Waals surface area contributed by atoms with Gasteiger partial charge in [0.2, 0.25) is 5.91 Å². The van der Waals surface area contributed by atoms with E-state index in [4.69, 9.17) is 11.6 Å². The van der Waals surface area contributed by atoms with Gasteiger partial charge in [-0.1, -0.05) is 61.8 Å². The molecule has 0 aliphatic carbocycles. The predicted molar refractivity (Wildman–Crippen MR) is 152 cm³/mol. The summed E-state index contributed by atoms with van der Waals surface area (Å²) in [6.07, 6.45) is 1.81. The van der Waals surface area contributed by atoms with Gasteiger partial charge in [-0.25, -0.2) is 0 Å². The maximum atomic E-state index is 13.5. The summed E-state index contributed by atoms with van der Waals surface area (Å²) in [7, 11) is 4.02. The molecule has 194 valence electrons. The average Bonchev–Trinajstić information content (AvgIpc) is 2.91. The number of benzene rings is 3. The molecular weight excluding hydrogens is 482 g/mol. The van der Waals surface area contributed by atoms with E-state index in [1.807, 2.05) is 63.2 Å². The number of anilines is 1. The molecule has 1 saturated heterocycles. The maximum absolute atomic E-state index is 13.5. The lowest BCUT2D eigenvalue weighted by Crippen LogP contribution is -2.52. The maximum Gasteiger partial charge on any atom is 0.251 e. The quantitative estimate of drug-likeness (QED) is 0.404. The lowest BCUT2D eigenvalue weighted by molar-refractivity contribution is -0.135. The first kappa shape index (κ1) is 26.7. The van der Waals surface area contributed by atoms with Crippen LogP contribution in [0.2, 0.25) is 5.02 Å². The van der Waals surface area contributed by atoms with E-state index < -0.39 is 6.04 Å². The Hall–Kier alpha value is -3.31. The molecule has 1 fully saturated rings. The summed E-state index contributed by atoms with van der Waals surface area (Å²) in [4.78, 5) is 30.7. The normalized spacial score (nSPS) is 14.9. The SMILES string of the molecule is CC(C)[C@@H](NC(=O)c1cccc(-c2ccc(N(C)C)cc2)c1)C(=O)N1CCC(c2ccc(Cl)cc2)CC1. The number of carbonyl (C=O) groups excluding carboxylic acids is 2. The third-order valence-corrected chi connectivity index (χ3v) is 7.46. The molecule has 3 aromatic rings. The summed E-state index contributed by atoms with van der Waals surface area (Å²) < 4.78 is 0. The zero-order chi connectivity index (χ0) is 26.5. The Morgan fingerprint density at radius 3 is 2.16 bits per heavy atom. The summed E-state index contributed by atoms with van der Waals surface area (Å²) in [5, 5.41) is 3.77. The fraction of sp³-hybridized carbons (Fsp3) is 0.355. The van der Waals surface area contributed by atoms with Crippen LogP contribution in [0.4, 0.5) is 5.69 Å². The number of piperidine rings is 1. The lowest BCUT2D eigenvalue weighted by atomic mass is 9.89. The second-order valence-electron chi connectivity index (χ2n) is 10.4. The Morgan fingerprint density at radius 2 is 1.57 bits per heavy atom. The second-order valence-corrected chi connectivity index (χ2v) is 10.8. The molecule has 0 unspecified atom stereocenters. The van der Waals surface area contributed by atoms with Gasteiger partial charge in [0.15, 0.2) is 0 Å². The Morgan fingerprint density at radius 1 is 0.919 bits per heavy atom. The van der Waals surface area contributed by atoms with Crippen LogP contribution in [0, 0.1) is 5.92 Å². The molecule has 6 heteroatoms. The van der Waals surface area contributed by atoms with Gasteiger partial charge < -0.3 is 15.1 Å². The summed E-state index contributed by atoms with van der Waals surface area (Å²) in [5.41, 5.74) is 4.94. The molecule has 1 aliphatic heterocycles. The number of halogens is 1. The van der Waals surface area contributed by atoms with E-state index in [-0.39, 0.29) is 17.7 Å². The first-order valence-electron chi connectivity index (χ1n) is 13.0. The Labute approximate surface area is 225 Å². The summed E-state index contributed by atoms with van der Waals surface area (Å²) in [5.74, 6) is 0.165. The average molecular weight is 518 g/mol. The van der Waals surface area contributed by atoms with Crippen LogP contribution in [-0.4, -0.2) is 49.9 Å². The molecule has 0 bridgehead atoms. The van der Waals surface area contributed by atoms with Crippen LogP contribution in [0.15, 0.2) is 72.8 Å². The van der Waals surface area contributed by atoms with Crippen molar-refractivity contribution < 1.29 is 9.59 Å². The number of likely N-dealkylation sites (tertiary alicyclic amines) is 1. The number of rotatable bonds is 7. The number of amides is 2. The van der Waals surface area contributed by atoms with Gasteiger partial charge in [-0.3, -0.25) is 9.59 Å². The van der Waals surface area contributed by atoms with E-state index in [9.17, 15) is 9.59 Å². The van der Waals surface area contributed by atoms with E-state index in [0.29, 0.717) is 24.6 Å². The van der Waals surface area contributed by atoms with E-state index >= 15 is 0 Å². The minimum atomic E-state index is -0.567. The van der Waals surface area contributed by atoms with Crippen LogP contribution in [0.3, 0.4) is 0 Å². The number of nitrogens with zero attached hydrogens (tertiary/aromatic N) is 2. The number of nitrogens with one attached hydrogen (secondary N) is 1. The highest BCUT2D eigenvalue weighted by atomic mass is 35.5. The highest BCUT2D eigenvalue weighted by Gasteiger charge is 2.31.